The summed E-state index contributed by atoms with van der Waals surface area (Å²) in [4.78, 5) is 42.8. The first kappa shape index (κ1) is 30.7. The highest BCUT2D eigenvalue weighted by molar-refractivity contribution is 6.01. The lowest BCUT2D eigenvalue weighted by Gasteiger charge is -2.39. The van der Waals surface area contributed by atoms with Gasteiger partial charge in [-0.2, -0.15) is 0 Å². The quantitative estimate of drug-likeness (QED) is 0.322. The second kappa shape index (κ2) is 12.5. The van der Waals surface area contributed by atoms with E-state index in [9.17, 15) is 14.4 Å². The van der Waals surface area contributed by atoms with Crippen LogP contribution in [0.25, 0.3) is 10.8 Å². The topological polar surface area (TPSA) is 87.7 Å². The molecule has 0 spiro atoms. The number of fused-ring (bicyclic) bond motifs is 1. The minimum atomic E-state index is -0.929. The maximum atomic E-state index is 14.3. The first-order valence-corrected chi connectivity index (χ1v) is 13.9. The van der Waals surface area contributed by atoms with Crippen molar-refractivity contribution < 1.29 is 19.1 Å². The third-order valence-corrected chi connectivity index (χ3v) is 6.77. The van der Waals surface area contributed by atoms with Crippen LogP contribution in [0.4, 0.5) is 10.5 Å². The smallest absolute Gasteiger partial charge is 0.408 e. The van der Waals surface area contributed by atoms with Gasteiger partial charge in [-0.1, -0.05) is 62.4 Å². The Morgan fingerprint density at radius 3 is 1.98 bits per heavy atom. The van der Waals surface area contributed by atoms with Crippen molar-refractivity contribution in [2.75, 3.05) is 5.32 Å². The van der Waals surface area contributed by atoms with Gasteiger partial charge in [0.05, 0.1) is 0 Å². The number of alkyl carbamates (subject to hydrolysis) is 1. The molecular formula is C33H43N3O4. The van der Waals surface area contributed by atoms with Crippen LogP contribution in [0.1, 0.15) is 71.2 Å². The normalized spacial score (nSPS) is 13.2. The van der Waals surface area contributed by atoms with Gasteiger partial charge in [0.2, 0.25) is 5.91 Å². The van der Waals surface area contributed by atoms with Crippen molar-refractivity contribution in [3.8, 4) is 0 Å². The number of ether oxygens (including phenoxy) is 1. The molecule has 0 aliphatic carbocycles. The van der Waals surface area contributed by atoms with Crippen molar-refractivity contribution in [1.29, 1.82) is 0 Å². The molecule has 0 saturated carbocycles. The van der Waals surface area contributed by atoms with Crippen LogP contribution in [0.3, 0.4) is 0 Å². The first-order chi connectivity index (χ1) is 18.7. The number of hydrogen-bond acceptors (Lipinski definition) is 4. The molecule has 0 aromatic heterocycles. The predicted molar refractivity (Wildman–Crippen MR) is 161 cm³/mol. The lowest BCUT2D eigenvalue weighted by molar-refractivity contribution is -0.143. The number of hydrogen-bond donors (Lipinski definition) is 2. The highest BCUT2D eigenvalue weighted by Crippen LogP contribution is 2.32. The molecule has 2 unspecified atom stereocenters. The Labute approximate surface area is 238 Å². The molecule has 7 nitrogen and oxygen atoms in total. The summed E-state index contributed by atoms with van der Waals surface area (Å²) in [6.07, 6.45) is -0.674. The molecular weight excluding hydrogens is 502 g/mol. The van der Waals surface area contributed by atoms with Crippen molar-refractivity contribution in [2.24, 2.45) is 5.92 Å². The van der Waals surface area contributed by atoms with Gasteiger partial charge in [0.1, 0.15) is 17.7 Å². The van der Waals surface area contributed by atoms with E-state index in [1.54, 1.807) is 25.7 Å². The Hall–Kier alpha value is -3.87. The third kappa shape index (κ3) is 7.40. The Kier molecular flexibility index (Phi) is 9.61. The fraction of sp³-hybridized carbons (Fsp3) is 0.424. The number of rotatable bonds is 8. The summed E-state index contributed by atoms with van der Waals surface area (Å²) in [5, 5.41) is 7.91. The second-order valence-corrected chi connectivity index (χ2v) is 12.0. The molecule has 214 valence electrons. The Morgan fingerprint density at radius 1 is 0.825 bits per heavy atom. The van der Waals surface area contributed by atoms with Crippen molar-refractivity contribution in [1.82, 2.24) is 10.2 Å². The van der Waals surface area contributed by atoms with Crippen LogP contribution in [0, 0.1) is 19.8 Å². The summed E-state index contributed by atoms with van der Waals surface area (Å²) < 4.78 is 5.45. The monoisotopic (exact) mass is 545 g/mol. The largest absolute Gasteiger partial charge is 0.444 e. The summed E-state index contributed by atoms with van der Waals surface area (Å²) in [5.74, 6) is -0.921. The molecule has 40 heavy (non-hydrogen) atoms. The predicted octanol–water partition coefficient (Wildman–Crippen LogP) is 6.92. The van der Waals surface area contributed by atoms with Crippen LogP contribution >= 0.6 is 0 Å². The average Bonchev–Trinajstić information content (AvgIpc) is 2.84. The Balaban J connectivity index is 2.07. The van der Waals surface area contributed by atoms with Gasteiger partial charge in [0.25, 0.3) is 5.91 Å². The number of aryl methyl sites for hydroxylation is 2. The van der Waals surface area contributed by atoms with Crippen LogP contribution in [-0.2, 0) is 14.3 Å². The molecule has 7 heteroatoms. The van der Waals surface area contributed by atoms with E-state index < -0.39 is 23.8 Å². The van der Waals surface area contributed by atoms with Crippen LogP contribution in [0.15, 0.2) is 60.7 Å². The molecule has 3 aromatic rings. The van der Waals surface area contributed by atoms with Gasteiger partial charge in [0.15, 0.2) is 0 Å². The maximum absolute atomic E-state index is 14.3. The minimum absolute atomic E-state index is 0.247. The van der Waals surface area contributed by atoms with Gasteiger partial charge in [0, 0.05) is 11.7 Å². The minimum Gasteiger partial charge on any atom is -0.444 e. The molecule has 0 aliphatic heterocycles. The summed E-state index contributed by atoms with van der Waals surface area (Å²) in [6.45, 7) is 16.7. The number of benzene rings is 3. The lowest BCUT2D eigenvalue weighted by Crippen LogP contribution is -2.56. The fourth-order valence-corrected chi connectivity index (χ4v) is 4.92. The Bertz CT molecular complexity index is 1350. The molecule has 3 rings (SSSR count). The number of carbonyl (C=O) groups excluding carboxylic acids is 3. The van der Waals surface area contributed by atoms with Crippen molar-refractivity contribution in [2.45, 2.75) is 86.0 Å². The molecule has 0 saturated heterocycles. The number of nitrogens with one attached hydrogen (secondary N) is 2. The molecule has 2 atom stereocenters. The van der Waals surface area contributed by atoms with Crippen molar-refractivity contribution in [3.63, 3.8) is 0 Å². The van der Waals surface area contributed by atoms with Crippen LogP contribution < -0.4 is 10.6 Å². The van der Waals surface area contributed by atoms with Gasteiger partial charge >= 0.3 is 6.09 Å². The molecule has 2 N–H and O–H groups in total. The van der Waals surface area contributed by atoms with E-state index in [1.165, 1.54) is 0 Å². The fourth-order valence-electron chi connectivity index (χ4n) is 4.92. The van der Waals surface area contributed by atoms with E-state index in [0.29, 0.717) is 5.69 Å². The van der Waals surface area contributed by atoms with Crippen LogP contribution in [0.2, 0.25) is 0 Å². The molecule has 0 heterocycles. The standard InChI is InChI=1S/C33H43N3O4/c1-20(2)28(35-32(39)40-33(7,8)9)31(38)36(21(3)4)29(27-22(5)13-12-14-23(27)6)30(37)34-26-18-17-24-15-10-11-16-25(24)19-26/h10-21,28-29H,1-9H3,(H,34,37)(H,35,39). The highest BCUT2D eigenvalue weighted by atomic mass is 16.6. The number of carbonyl (C=O) groups is 3. The molecule has 0 fully saturated rings. The summed E-state index contributed by atoms with van der Waals surface area (Å²) in [5.41, 5.74) is 2.50. The van der Waals surface area contributed by atoms with E-state index in [2.05, 4.69) is 10.6 Å². The molecule has 0 radical (unpaired) electrons. The van der Waals surface area contributed by atoms with Gasteiger partial charge in [-0.05, 0) is 94.0 Å². The van der Waals surface area contributed by atoms with Crippen molar-refractivity contribution in [3.05, 3.63) is 77.4 Å². The van der Waals surface area contributed by atoms with Gasteiger partial charge in [-0.25, -0.2) is 4.79 Å². The summed E-state index contributed by atoms with van der Waals surface area (Å²) >= 11 is 0. The summed E-state index contributed by atoms with van der Waals surface area (Å²) in [7, 11) is 0. The zero-order chi connectivity index (χ0) is 29.8. The number of amides is 3. The van der Waals surface area contributed by atoms with E-state index >= 15 is 0 Å². The zero-order valence-electron chi connectivity index (χ0n) is 25.2. The average molecular weight is 546 g/mol. The van der Waals surface area contributed by atoms with E-state index in [4.69, 9.17) is 4.74 Å². The van der Waals surface area contributed by atoms with Crippen LogP contribution in [-0.4, -0.2) is 40.5 Å². The first-order valence-electron chi connectivity index (χ1n) is 13.9. The van der Waals surface area contributed by atoms with E-state index in [1.807, 2.05) is 102 Å². The van der Waals surface area contributed by atoms with Gasteiger partial charge < -0.3 is 20.3 Å². The molecule has 3 aromatic carbocycles. The zero-order valence-corrected chi connectivity index (χ0v) is 25.2. The van der Waals surface area contributed by atoms with Gasteiger partial charge in [-0.15, -0.1) is 0 Å². The van der Waals surface area contributed by atoms with Crippen molar-refractivity contribution >= 4 is 34.4 Å². The maximum Gasteiger partial charge on any atom is 0.408 e. The Morgan fingerprint density at radius 2 is 1.43 bits per heavy atom. The van der Waals surface area contributed by atoms with E-state index in [-0.39, 0.29) is 23.8 Å². The number of anilines is 1. The molecule has 3 amide bonds. The SMILES string of the molecule is Cc1cccc(C)c1C(C(=O)Nc1ccc2ccccc2c1)N(C(=O)C(NC(=O)OC(C)(C)C)C(C)C)C(C)C. The van der Waals surface area contributed by atoms with Crippen LogP contribution in [0.5, 0.6) is 0 Å². The second-order valence-electron chi connectivity index (χ2n) is 12.0. The number of nitrogens with zero attached hydrogens (tertiary/aromatic N) is 1. The highest BCUT2D eigenvalue weighted by Gasteiger charge is 2.40. The summed E-state index contributed by atoms with van der Waals surface area (Å²) in [6, 6.07) is 17.4. The lowest BCUT2D eigenvalue weighted by atomic mass is 9.92. The van der Waals surface area contributed by atoms with Gasteiger partial charge in [-0.3, -0.25) is 9.59 Å². The molecule has 0 aliphatic rings. The molecule has 0 bridgehead atoms. The third-order valence-electron chi connectivity index (χ3n) is 6.77. The van der Waals surface area contributed by atoms with E-state index in [0.717, 1.165) is 27.5 Å².